The van der Waals surface area contributed by atoms with Gasteiger partial charge < -0.3 is 10.4 Å². The van der Waals surface area contributed by atoms with Crippen molar-refractivity contribution in [1.29, 1.82) is 0 Å². The zero-order valence-electron chi connectivity index (χ0n) is 13.4. The van der Waals surface area contributed by atoms with Crippen LogP contribution in [0.25, 0.3) is 5.69 Å². The second-order valence-corrected chi connectivity index (χ2v) is 6.18. The molecule has 6 heteroatoms. The fraction of sp³-hybridized carbons (Fsp3) is 0.389. The van der Waals surface area contributed by atoms with Crippen molar-refractivity contribution in [2.24, 2.45) is 5.92 Å². The maximum Gasteiger partial charge on any atom is 0.271 e. The molecule has 0 radical (unpaired) electrons. The highest BCUT2D eigenvalue weighted by Crippen LogP contribution is 2.23. The third-order valence-electron chi connectivity index (χ3n) is 4.47. The monoisotopic (exact) mass is 327 g/mol. The van der Waals surface area contributed by atoms with Gasteiger partial charge >= 0.3 is 0 Å². The minimum atomic E-state index is -0.277. The molecule has 1 aliphatic rings. The third-order valence-corrected chi connectivity index (χ3v) is 4.47. The zero-order chi connectivity index (χ0) is 16.9. The Morgan fingerprint density at radius 3 is 2.50 bits per heavy atom. The highest BCUT2D eigenvalue weighted by Gasteiger charge is 2.23. The Balaban J connectivity index is 1.73. The van der Waals surface area contributed by atoms with E-state index in [0.29, 0.717) is 11.6 Å². The summed E-state index contributed by atoms with van der Waals surface area (Å²) in [5, 5.41) is 16.3. The maximum absolute atomic E-state index is 12.4. The van der Waals surface area contributed by atoms with Crippen LogP contribution in [0, 0.1) is 5.92 Å². The molecule has 1 amide bonds. The van der Waals surface area contributed by atoms with E-state index in [4.69, 9.17) is 0 Å². The Labute approximate surface area is 140 Å². The lowest BCUT2D eigenvalue weighted by Crippen LogP contribution is -2.39. The number of nitrogens with zero attached hydrogens (tertiary/aromatic N) is 2. The van der Waals surface area contributed by atoms with Crippen molar-refractivity contribution in [1.82, 2.24) is 15.1 Å². The van der Waals surface area contributed by atoms with Crippen LogP contribution >= 0.6 is 0 Å². The lowest BCUT2D eigenvalue weighted by atomic mass is 9.86. The summed E-state index contributed by atoms with van der Waals surface area (Å²) in [5.41, 5.74) is 0.574. The Hall–Kier alpha value is -2.47. The maximum atomic E-state index is 12.4. The number of aromatic nitrogens is 2. The smallest absolute Gasteiger partial charge is 0.271 e. The molecule has 0 bridgehead atoms. The summed E-state index contributed by atoms with van der Waals surface area (Å²) < 4.78 is 1.23. The summed E-state index contributed by atoms with van der Waals surface area (Å²) >= 11 is 0. The molecule has 0 atom stereocenters. The van der Waals surface area contributed by atoms with Crippen LogP contribution in [0.15, 0.2) is 47.3 Å². The summed E-state index contributed by atoms with van der Waals surface area (Å²) in [5.74, 6) is 0.0726. The second kappa shape index (κ2) is 7.40. The molecule has 24 heavy (non-hydrogen) atoms. The molecule has 2 aromatic rings. The van der Waals surface area contributed by atoms with Gasteiger partial charge in [-0.05, 0) is 49.8 Å². The van der Waals surface area contributed by atoms with Gasteiger partial charge in [0.15, 0.2) is 0 Å². The van der Waals surface area contributed by atoms with Crippen LogP contribution in [-0.4, -0.2) is 33.4 Å². The number of para-hydroxylation sites is 1. The van der Waals surface area contributed by atoms with Crippen molar-refractivity contribution in [3.8, 4) is 5.69 Å². The number of hydrogen-bond donors (Lipinski definition) is 2. The number of rotatable bonds is 4. The molecule has 3 rings (SSSR count). The average molecular weight is 327 g/mol. The molecule has 1 saturated carbocycles. The number of carbonyl (C=O) groups excluding carboxylic acids is 1. The van der Waals surface area contributed by atoms with Gasteiger partial charge in [-0.25, -0.2) is 0 Å². The van der Waals surface area contributed by atoms with Gasteiger partial charge in [0.25, 0.3) is 11.5 Å². The highest BCUT2D eigenvalue weighted by atomic mass is 16.3. The molecular weight excluding hydrogens is 306 g/mol. The molecule has 1 fully saturated rings. The average Bonchev–Trinajstić information content (AvgIpc) is 2.63. The number of nitrogens with one attached hydrogen (secondary N) is 1. The molecular formula is C18H21N3O3. The first-order valence-corrected chi connectivity index (χ1v) is 8.25. The molecule has 0 aliphatic heterocycles. The fourth-order valence-electron chi connectivity index (χ4n) is 3.04. The van der Waals surface area contributed by atoms with Crippen LogP contribution in [0.5, 0.6) is 0 Å². The first-order valence-electron chi connectivity index (χ1n) is 8.25. The Kier molecular flexibility index (Phi) is 5.05. The van der Waals surface area contributed by atoms with Crippen molar-refractivity contribution >= 4 is 5.91 Å². The van der Waals surface area contributed by atoms with Crippen molar-refractivity contribution in [3.63, 3.8) is 0 Å². The SMILES string of the molecule is O=C(NC1CCC(CO)CC1)c1ccc(=O)n(-c2ccccc2)n1. The van der Waals surface area contributed by atoms with Gasteiger partial charge in [0.05, 0.1) is 5.69 Å². The van der Waals surface area contributed by atoms with E-state index in [1.165, 1.54) is 16.8 Å². The van der Waals surface area contributed by atoms with Gasteiger partial charge in [0, 0.05) is 18.7 Å². The van der Waals surface area contributed by atoms with Crippen LogP contribution in [0.4, 0.5) is 0 Å². The molecule has 0 spiro atoms. The van der Waals surface area contributed by atoms with E-state index in [1.54, 1.807) is 12.1 Å². The first-order chi connectivity index (χ1) is 11.7. The Morgan fingerprint density at radius 1 is 1.12 bits per heavy atom. The summed E-state index contributed by atoms with van der Waals surface area (Å²) in [4.78, 5) is 24.4. The molecule has 6 nitrogen and oxygen atoms in total. The molecule has 0 saturated heterocycles. The predicted molar refractivity (Wildman–Crippen MR) is 90.1 cm³/mol. The van der Waals surface area contributed by atoms with Gasteiger partial charge in [-0.15, -0.1) is 0 Å². The Morgan fingerprint density at radius 2 is 1.83 bits per heavy atom. The van der Waals surface area contributed by atoms with E-state index in [2.05, 4.69) is 10.4 Å². The van der Waals surface area contributed by atoms with Gasteiger partial charge in [-0.3, -0.25) is 9.59 Å². The lowest BCUT2D eigenvalue weighted by Gasteiger charge is -2.27. The summed E-state index contributed by atoms with van der Waals surface area (Å²) in [6.07, 6.45) is 3.54. The first kappa shape index (κ1) is 16.4. The number of aliphatic hydroxyl groups is 1. The number of aliphatic hydroxyl groups excluding tert-OH is 1. The number of benzene rings is 1. The van der Waals surface area contributed by atoms with Crippen molar-refractivity contribution in [2.75, 3.05) is 6.61 Å². The van der Waals surface area contributed by atoms with E-state index in [0.717, 1.165) is 25.7 Å². The molecule has 0 unspecified atom stereocenters. The van der Waals surface area contributed by atoms with Gasteiger partial charge in [-0.2, -0.15) is 9.78 Å². The van der Waals surface area contributed by atoms with Crippen LogP contribution < -0.4 is 10.9 Å². The fourth-order valence-corrected chi connectivity index (χ4v) is 3.04. The standard InChI is InChI=1S/C18H21N3O3/c22-12-13-6-8-14(9-7-13)19-18(24)16-10-11-17(23)21(20-16)15-4-2-1-3-5-15/h1-5,10-11,13-14,22H,6-9,12H2,(H,19,24). The van der Waals surface area contributed by atoms with Crippen molar-refractivity contribution in [2.45, 2.75) is 31.7 Å². The van der Waals surface area contributed by atoms with E-state index in [-0.39, 0.29) is 29.8 Å². The van der Waals surface area contributed by atoms with E-state index in [1.807, 2.05) is 18.2 Å². The lowest BCUT2D eigenvalue weighted by molar-refractivity contribution is 0.0907. The molecule has 126 valence electrons. The van der Waals surface area contributed by atoms with E-state index in [9.17, 15) is 14.7 Å². The van der Waals surface area contributed by atoms with Crippen LogP contribution in [0.1, 0.15) is 36.2 Å². The number of hydrogen-bond acceptors (Lipinski definition) is 4. The van der Waals surface area contributed by atoms with E-state index < -0.39 is 0 Å². The minimum absolute atomic E-state index is 0.0965. The van der Waals surface area contributed by atoms with E-state index >= 15 is 0 Å². The summed E-state index contributed by atoms with van der Waals surface area (Å²) in [6, 6.07) is 11.9. The highest BCUT2D eigenvalue weighted by molar-refractivity contribution is 5.92. The third kappa shape index (κ3) is 3.71. The topological polar surface area (TPSA) is 84.2 Å². The van der Waals surface area contributed by atoms with Crippen LogP contribution in [0.3, 0.4) is 0 Å². The zero-order valence-corrected chi connectivity index (χ0v) is 13.4. The van der Waals surface area contributed by atoms with Gasteiger partial charge in [-0.1, -0.05) is 18.2 Å². The van der Waals surface area contributed by atoms with Crippen LogP contribution in [-0.2, 0) is 0 Å². The normalized spacial score (nSPS) is 20.5. The quantitative estimate of drug-likeness (QED) is 0.891. The molecule has 1 aromatic heterocycles. The minimum Gasteiger partial charge on any atom is -0.396 e. The number of carbonyl (C=O) groups is 1. The summed E-state index contributed by atoms with van der Waals surface area (Å²) in [7, 11) is 0. The van der Waals surface area contributed by atoms with Gasteiger partial charge in [0.1, 0.15) is 5.69 Å². The second-order valence-electron chi connectivity index (χ2n) is 6.18. The number of amides is 1. The molecule has 1 aromatic carbocycles. The molecule has 1 aliphatic carbocycles. The van der Waals surface area contributed by atoms with Crippen LogP contribution in [0.2, 0.25) is 0 Å². The molecule has 1 heterocycles. The predicted octanol–water partition coefficient (Wildman–Crippen LogP) is 1.51. The van der Waals surface area contributed by atoms with Gasteiger partial charge in [0.2, 0.25) is 0 Å². The summed E-state index contributed by atoms with van der Waals surface area (Å²) in [6.45, 7) is 0.213. The molecule has 2 N–H and O–H groups in total. The Bertz CT molecular complexity index is 750. The van der Waals surface area contributed by atoms with Crippen molar-refractivity contribution in [3.05, 3.63) is 58.5 Å². The van der Waals surface area contributed by atoms with Crippen molar-refractivity contribution < 1.29 is 9.90 Å². The largest absolute Gasteiger partial charge is 0.396 e.